The van der Waals surface area contributed by atoms with Crippen LogP contribution in [0, 0.1) is 17.5 Å². The van der Waals surface area contributed by atoms with E-state index in [1.165, 1.54) is 16.8 Å². The van der Waals surface area contributed by atoms with Crippen molar-refractivity contribution >= 4 is 27.1 Å². The van der Waals surface area contributed by atoms with E-state index in [0.717, 1.165) is 42.8 Å². The van der Waals surface area contributed by atoms with Gasteiger partial charge in [-0.1, -0.05) is 0 Å². The Kier molecular flexibility index (Phi) is 5.72. The fourth-order valence-corrected chi connectivity index (χ4v) is 5.31. The van der Waals surface area contributed by atoms with Crippen LogP contribution in [0.3, 0.4) is 0 Å². The third kappa shape index (κ3) is 4.34. The highest BCUT2D eigenvalue weighted by atomic mass is 32.2. The zero-order chi connectivity index (χ0) is 24.7. The average Bonchev–Trinajstić information content (AvgIpc) is 3.47. The molecule has 5 rings (SSSR count). The molecule has 35 heavy (non-hydrogen) atoms. The topological polar surface area (TPSA) is 83.8 Å². The van der Waals surface area contributed by atoms with Gasteiger partial charge in [0.2, 0.25) is 0 Å². The maximum atomic E-state index is 14.5. The Labute approximate surface area is 198 Å². The lowest BCUT2D eigenvalue weighted by molar-refractivity contribution is 0.0983. The van der Waals surface area contributed by atoms with Crippen molar-refractivity contribution in [2.45, 2.75) is 23.8 Å². The summed E-state index contributed by atoms with van der Waals surface area (Å²) in [5, 5.41) is 4.11. The Morgan fingerprint density at radius 2 is 1.74 bits per heavy atom. The van der Waals surface area contributed by atoms with Gasteiger partial charge in [-0.2, -0.15) is 5.10 Å². The number of hydrogen-bond donors (Lipinski definition) is 1. The molecule has 1 aliphatic heterocycles. The van der Waals surface area contributed by atoms with Crippen LogP contribution in [0.15, 0.2) is 71.9 Å². The first-order valence-electron chi connectivity index (χ1n) is 10.7. The third-order valence-corrected chi connectivity index (χ3v) is 7.35. The van der Waals surface area contributed by atoms with Gasteiger partial charge in [-0.05, 0) is 67.4 Å². The van der Waals surface area contributed by atoms with E-state index in [1.54, 1.807) is 18.3 Å². The fraction of sp³-hybridized carbons (Fsp3) is 0.167. The van der Waals surface area contributed by atoms with Gasteiger partial charge in [-0.25, -0.2) is 30.8 Å². The number of sulfonamides is 1. The Balaban J connectivity index is 1.46. The van der Waals surface area contributed by atoms with Crippen LogP contribution in [0.5, 0.6) is 0 Å². The number of fused-ring (bicyclic) bond motifs is 1. The largest absolute Gasteiger partial charge is 0.364 e. The molecule has 1 amide bonds. The number of anilines is 1. The smallest absolute Gasteiger partial charge is 0.268 e. The van der Waals surface area contributed by atoms with Crippen LogP contribution in [0.4, 0.5) is 18.9 Å². The lowest BCUT2D eigenvalue weighted by atomic mass is 10.0. The molecule has 1 atom stereocenters. The van der Waals surface area contributed by atoms with Gasteiger partial charge < -0.3 is 4.90 Å². The number of carbonyl (C=O) groups excluding carboxylic acids is 1. The SMILES string of the molecule is O=C(NS(=O)(=O)c1ccc(F)cc1)c1cnn2ccc(N3CCCC3c3cc(F)ccc3F)cc12. The molecular weight excluding hydrogens is 481 g/mol. The first kappa shape index (κ1) is 22.9. The molecule has 1 saturated heterocycles. The maximum absolute atomic E-state index is 14.5. The maximum Gasteiger partial charge on any atom is 0.268 e. The van der Waals surface area contributed by atoms with E-state index < -0.39 is 39.4 Å². The summed E-state index contributed by atoms with van der Waals surface area (Å²) in [5.41, 5.74) is 1.24. The number of benzene rings is 2. The van der Waals surface area contributed by atoms with Crippen molar-refractivity contribution in [1.82, 2.24) is 14.3 Å². The molecule has 0 aliphatic carbocycles. The van der Waals surface area contributed by atoms with E-state index in [-0.39, 0.29) is 16.0 Å². The first-order valence-corrected chi connectivity index (χ1v) is 12.2. The summed E-state index contributed by atoms with van der Waals surface area (Å²) in [5.74, 6) is -2.54. The van der Waals surface area contributed by atoms with E-state index in [2.05, 4.69) is 5.10 Å². The highest BCUT2D eigenvalue weighted by molar-refractivity contribution is 7.90. The minimum Gasteiger partial charge on any atom is -0.364 e. The second-order valence-electron chi connectivity index (χ2n) is 8.18. The Bertz CT molecular complexity index is 1540. The molecule has 1 unspecified atom stereocenters. The molecule has 180 valence electrons. The number of nitrogens with one attached hydrogen (secondary N) is 1. The Hall–Kier alpha value is -3.86. The molecule has 0 radical (unpaired) electrons. The summed E-state index contributed by atoms with van der Waals surface area (Å²) in [6.07, 6.45) is 4.22. The summed E-state index contributed by atoms with van der Waals surface area (Å²) >= 11 is 0. The van der Waals surface area contributed by atoms with Gasteiger partial charge in [0.15, 0.2) is 0 Å². The van der Waals surface area contributed by atoms with E-state index >= 15 is 0 Å². The summed E-state index contributed by atoms with van der Waals surface area (Å²) in [6.45, 7) is 0.589. The predicted octanol–water partition coefficient (Wildman–Crippen LogP) is 4.21. The highest BCUT2D eigenvalue weighted by Gasteiger charge is 2.29. The lowest BCUT2D eigenvalue weighted by Gasteiger charge is -2.27. The van der Waals surface area contributed by atoms with Crippen LogP contribution >= 0.6 is 0 Å². The summed E-state index contributed by atoms with van der Waals surface area (Å²) in [4.78, 5) is 14.5. The van der Waals surface area contributed by atoms with Gasteiger partial charge in [0.25, 0.3) is 15.9 Å². The van der Waals surface area contributed by atoms with Crippen molar-refractivity contribution in [3.63, 3.8) is 0 Å². The number of pyridine rings is 1. The minimum atomic E-state index is -4.24. The fourth-order valence-electron chi connectivity index (χ4n) is 4.34. The molecule has 2 aromatic carbocycles. The van der Waals surface area contributed by atoms with Gasteiger partial charge in [0.05, 0.1) is 28.2 Å². The standard InChI is InChI=1S/C24H19F3N4O3S/c25-15-3-6-18(7-4-15)35(33,34)29-24(32)20-14-28-31-11-9-17(13-23(20)31)30-10-1-2-22(30)19-12-16(26)5-8-21(19)27/h3-9,11-14,22H,1-2,10H2,(H,29,32). The van der Waals surface area contributed by atoms with E-state index in [0.29, 0.717) is 24.2 Å². The summed E-state index contributed by atoms with van der Waals surface area (Å²) in [6, 6.07) is 10.4. The molecule has 11 heteroatoms. The Morgan fingerprint density at radius 1 is 1.00 bits per heavy atom. The number of hydrogen-bond acceptors (Lipinski definition) is 5. The van der Waals surface area contributed by atoms with Crippen LogP contribution in [-0.2, 0) is 10.0 Å². The van der Waals surface area contributed by atoms with Crippen LogP contribution < -0.4 is 9.62 Å². The van der Waals surface area contributed by atoms with Crippen LogP contribution in [0.1, 0.15) is 34.8 Å². The molecular formula is C24H19F3N4O3S. The summed E-state index contributed by atoms with van der Waals surface area (Å²) < 4.78 is 69.9. The second kappa shape index (κ2) is 8.73. The number of halogens is 3. The van der Waals surface area contributed by atoms with E-state index in [4.69, 9.17) is 0 Å². The number of carbonyl (C=O) groups is 1. The third-order valence-electron chi connectivity index (χ3n) is 6.00. The molecule has 7 nitrogen and oxygen atoms in total. The van der Waals surface area contributed by atoms with Crippen molar-refractivity contribution in [3.8, 4) is 0 Å². The average molecular weight is 501 g/mol. The predicted molar refractivity (Wildman–Crippen MR) is 122 cm³/mol. The van der Waals surface area contributed by atoms with Crippen LogP contribution in [-0.4, -0.2) is 30.5 Å². The van der Waals surface area contributed by atoms with Gasteiger partial charge in [0, 0.05) is 24.0 Å². The molecule has 0 saturated carbocycles. The molecule has 2 aromatic heterocycles. The summed E-state index contributed by atoms with van der Waals surface area (Å²) in [7, 11) is -4.24. The quantitative estimate of drug-likeness (QED) is 0.444. The number of rotatable bonds is 5. The number of nitrogens with zero attached hydrogens (tertiary/aromatic N) is 3. The second-order valence-corrected chi connectivity index (χ2v) is 9.86. The lowest BCUT2D eigenvalue weighted by Crippen LogP contribution is -2.30. The van der Waals surface area contributed by atoms with Crippen molar-refractivity contribution in [2.24, 2.45) is 0 Å². The van der Waals surface area contributed by atoms with Gasteiger partial charge in [0.1, 0.15) is 17.5 Å². The molecule has 4 aromatic rings. The normalized spacial score (nSPS) is 16.1. The van der Waals surface area contributed by atoms with Gasteiger partial charge in [-0.3, -0.25) is 4.79 Å². The Morgan fingerprint density at radius 3 is 2.51 bits per heavy atom. The molecule has 1 aliphatic rings. The minimum absolute atomic E-state index is 0.00483. The van der Waals surface area contributed by atoms with Gasteiger partial charge >= 0.3 is 0 Å². The number of aromatic nitrogens is 2. The van der Waals surface area contributed by atoms with Crippen molar-refractivity contribution in [1.29, 1.82) is 0 Å². The molecule has 3 heterocycles. The van der Waals surface area contributed by atoms with Crippen molar-refractivity contribution in [2.75, 3.05) is 11.4 Å². The molecule has 0 bridgehead atoms. The number of amides is 1. The zero-order valence-corrected chi connectivity index (χ0v) is 19.0. The first-order chi connectivity index (χ1) is 16.7. The highest BCUT2D eigenvalue weighted by Crippen LogP contribution is 2.38. The monoisotopic (exact) mass is 500 g/mol. The van der Waals surface area contributed by atoms with Crippen molar-refractivity contribution < 1.29 is 26.4 Å². The van der Waals surface area contributed by atoms with E-state index in [9.17, 15) is 26.4 Å². The molecule has 1 N–H and O–H groups in total. The van der Waals surface area contributed by atoms with Crippen LogP contribution in [0.2, 0.25) is 0 Å². The van der Waals surface area contributed by atoms with Crippen molar-refractivity contribution in [3.05, 3.63) is 95.6 Å². The zero-order valence-electron chi connectivity index (χ0n) is 18.2. The van der Waals surface area contributed by atoms with E-state index in [1.807, 2.05) is 9.62 Å². The van der Waals surface area contributed by atoms with Crippen LogP contribution in [0.25, 0.3) is 5.52 Å². The molecule has 0 spiro atoms. The van der Waals surface area contributed by atoms with Gasteiger partial charge in [-0.15, -0.1) is 0 Å². The molecule has 1 fully saturated rings.